The summed E-state index contributed by atoms with van der Waals surface area (Å²) in [6.45, 7) is 6.63. The highest BCUT2D eigenvalue weighted by Gasteiger charge is 2.24. The van der Waals surface area contributed by atoms with Crippen LogP contribution in [0.15, 0.2) is 18.2 Å². The first-order chi connectivity index (χ1) is 7.08. The number of carbonyl (C=O) groups is 1. The molecule has 2 heteroatoms. The second-order valence-electron chi connectivity index (χ2n) is 4.47. The van der Waals surface area contributed by atoms with Gasteiger partial charge in [0.1, 0.15) is 0 Å². The Hall–Kier alpha value is -1.31. The average Bonchev–Trinajstić information content (AvgIpc) is 2.17. The van der Waals surface area contributed by atoms with Crippen LogP contribution in [-0.4, -0.2) is 16.8 Å². The van der Waals surface area contributed by atoms with Gasteiger partial charge in [-0.05, 0) is 31.4 Å². The van der Waals surface area contributed by atoms with Gasteiger partial charge in [-0.25, -0.2) is 0 Å². The van der Waals surface area contributed by atoms with Gasteiger partial charge >= 0.3 is 0 Å². The summed E-state index contributed by atoms with van der Waals surface area (Å²) in [7, 11) is 0. The van der Waals surface area contributed by atoms with Crippen LogP contribution in [0.3, 0.4) is 0 Å². The van der Waals surface area contributed by atoms with Crippen LogP contribution < -0.4 is 0 Å². The fourth-order valence-electron chi connectivity index (χ4n) is 2.29. The molecule has 15 heavy (non-hydrogen) atoms. The summed E-state index contributed by atoms with van der Waals surface area (Å²) in [5.41, 5.74) is 3.97. The molecule has 0 saturated carbocycles. The Morgan fingerprint density at radius 2 is 2.13 bits per heavy atom. The van der Waals surface area contributed by atoms with E-state index >= 15 is 0 Å². The number of hydrogen-bond donors (Lipinski definition) is 0. The summed E-state index contributed by atoms with van der Waals surface area (Å²) in [5, 5.41) is 0. The molecule has 1 aromatic rings. The molecule has 80 valence electrons. The molecule has 0 radical (unpaired) electrons. The van der Waals surface area contributed by atoms with E-state index in [1.807, 2.05) is 4.90 Å². The van der Waals surface area contributed by atoms with Gasteiger partial charge < -0.3 is 4.90 Å². The molecule has 1 unspecified atom stereocenters. The first-order valence-corrected chi connectivity index (χ1v) is 5.43. The number of nitrogens with zero attached hydrogens (tertiary/aromatic N) is 1. The Kier molecular flexibility index (Phi) is 2.51. The monoisotopic (exact) mass is 203 g/mol. The molecule has 1 aromatic carbocycles. The third kappa shape index (κ3) is 1.89. The summed E-state index contributed by atoms with van der Waals surface area (Å²) in [4.78, 5) is 13.4. The number of aryl methyl sites for hydroxylation is 1. The normalized spacial score (nSPS) is 19.9. The molecular formula is C13H17NO. The van der Waals surface area contributed by atoms with Gasteiger partial charge in [0.05, 0.1) is 0 Å². The number of fused-ring (bicyclic) bond motifs is 1. The van der Waals surface area contributed by atoms with E-state index in [2.05, 4.69) is 32.0 Å². The lowest BCUT2D eigenvalue weighted by molar-refractivity contribution is -0.131. The Labute approximate surface area is 90.9 Å². The van der Waals surface area contributed by atoms with Crippen LogP contribution >= 0.6 is 0 Å². The van der Waals surface area contributed by atoms with E-state index in [9.17, 15) is 4.79 Å². The minimum absolute atomic E-state index is 0.176. The van der Waals surface area contributed by atoms with Gasteiger partial charge in [-0.15, -0.1) is 0 Å². The molecule has 0 saturated heterocycles. The van der Waals surface area contributed by atoms with E-state index in [0.29, 0.717) is 6.04 Å². The Morgan fingerprint density at radius 1 is 1.40 bits per heavy atom. The number of rotatable bonds is 0. The maximum absolute atomic E-state index is 11.4. The fraction of sp³-hybridized carbons (Fsp3) is 0.462. The molecular weight excluding hydrogens is 186 g/mol. The van der Waals surface area contributed by atoms with E-state index in [4.69, 9.17) is 0 Å². The summed E-state index contributed by atoms with van der Waals surface area (Å²) >= 11 is 0. The lowest BCUT2D eigenvalue weighted by Gasteiger charge is -2.34. The third-order valence-electron chi connectivity index (χ3n) is 3.15. The predicted molar refractivity (Wildman–Crippen MR) is 60.6 cm³/mol. The van der Waals surface area contributed by atoms with Crippen molar-refractivity contribution in [1.29, 1.82) is 0 Å². The molecule has 0 N–H and O–H groups in total. The molecule has 2 nitrogen and oxygen atoms in total. The van der Waals surface area contributed by atoms with E-state index in [-0.39, 0.29) is 5.91 Å². The van der Waals surface area contributed by atoms with Gasteiger partial charge in [-0.2, -0.15) is 0 Å². The van der Waals surface area contributed by atoms with E-state index in [0.717, 1.165) is 13.0 Å². The zero-order chi connectivity index (χ0) is 11.0. The lowest BCUT2D eigenvalue weighted by atomic mass is 9.93. The lowest BCUT2D eigenvalue weighted by Crippen LogP contribution is -2.41. The van der Waals surface area contributed by atoms with Crippen molar-refractivity contribution in [1.82, 2.24) is 4.90 Å². The summed E-state index contributed by atoms with van der Waals surface area (Å²) in [5.74, 6) is 0.176. The zero-order valence-electron chi connectivity index (χ0n) is 9.58. The van der Waals surface area contributed by atoms with Gasteiger partial charge in [0, 0.05) is 19.5 Å². The highest BCUT2D eigenvalue weighted by atomic mass is 16.2. The first kappa shape index (κ1) is 10.2. The van der Waals surface area contributed by atoms with E-state index < -0.39 is 0 Å². The van der Waals surface area contributed by atoms with Crippen molar-refractivity contribution in [2.24, 2.45) is 0 Å². The molecule has 2 rings (SSSR count). The van der Waals surface area contributed by atoms with Crippen LogP contribution in [-0.2, 0) is 17.8 Å². The van der Waals surface area contributed by atoms with Crippen LogP contribution in [0.25, 0.3) is 0 Å². The Balaban J connectivity index is 2.34. The smallest absolute Gasteiger partial charge is 0.219 e. The molecule has 0 aromatic heterocycles. The number of benzene rings is 1. The predicted octanol–water partition coefficient (Wildman–Crippen LogP) is 2.29. The second kappa shape index (κ2) is 3.69. The van der Waals surface area contributed by atoms with Crippen LogP contribution in [0.1, 0.15) is 30.5 Å². The molecule has 1 amide bonds. The summed E-state index contributed by atoms with van der Waals surface area (Å²) in [6, 6.07) is 6.86. The summed E-state index contributed by atoms with van der Waals surface area (Å²) in [6.07, 6.45) is 0.981. The van der Waals surface area contributed by atoms with Gasteiger partial charge in [-0.1, -0.05) is 23.8 Å². The number of carbonyl (C=O) groups excluding carboxylic acids is 1. The van der Waals surface area contributed by atoms with Crippen molar-refractivity contribution < 1.29 is 4.79 Å². The highest BCUT2D eigenvalue weighted by molar-refractivity contribution is 5.74. The first-order valence-electron chi connectivity index (χ1n) is 5.43. The standard InChI is InChI=1S/C13H17NO/c1-9-4-5-12-7-10(2)14(11(3)15)8-13(12)6-9/h4-6,10H,7-8H2,1-3H3. The van der Waals surface area contributed by atoms with Crippen LogP contribution in [0.5, 0.6) is 0 Å². The minimum atomic E-state index is 0.176. The maximum Gasteiger partial charge on any atom is 0.219 e. The topological polar surface area (TPSA) is 20.3 Å². The van der Waals surface area contributed by atoms with Gasteiger partial charge in [0.15, 0.2) is 0 Å². The largest absolute Gasteiger partial charge is 0.336 e. The second-order valence-corrected chi connectivity index (χ2v) is 4.47. The zero-order valence-corrected chi connectivity index (χ0v) is 9.58. The number of hydrogen-bond acceptors (Lipinski definition) is 1. The molecule has 0 bridgehead atoms. The quantitative estimate of drug-likeness (QED) is 0.633. The Bertz CT molecular complexity index is 398. The van der Waals surface area contributed by atoms with Crippen LogP contribution in [0, 0.1) is 6.92 Å². The van der Waals surface area contributed by atoms with Gasteiger partial charge in [0.2, 0.25) is 5.91 Å². The third-order valence-corrected chi connectivity index (χ3v) is 3.15. The van der Waals surface area contributed by atoms with Crippen molar-refractivity contribution in [2.75, 3.05) is 0 Å². The van der Waals surface area contributed by atoms with E-state index in [1.54, 1.807) is 6.92 Å². The average molecular weight is 203 g/mol. The molecule has 1 heterocycles. The maximum atomic E-state index is 11.4. The van der Waals surface area contributed by atoms with Gasteiger partial charge in [0.25, 0.3) is 0 Å². The van der Waals surface area contributed by atoms with Crippen molar-refractivity contribution in [3.05, 3.63) is 34.9 Å². The molecule has 0 fully saturated rings. The van der Waals surface area contributed by atoms with Crippen LogP contribution in [0.4, 0.5) is 0 Å². The highest BCUT2D eigenvalue weighted by Crippen LogP contribution is 2.24. The molecule has 1 atom stereocenters. The molecule has 1 aliphatic rings. The fourth-order valence-corrected chi connectivity index (χ4v) is 2.29. The van der Waals surface area contributed by atoms with Crippen molar-refractivity contribution in [3.63, 3.8) is 0 Å². The molecule has 0 spiro atoms. The van der Waals surface area contributed by atoms with Crippen molar-refractivity contribution in [3.8, 4) is 0 Å². The Morgan fingerprint density at radius 3 is 2.80 bits per heavy atom. The van der Waals surface area contributed by atoms with Crippen molar-refractivity contribution in [2.45, 2.75) is 39.8 Å². The minimum Gasteiger partial charge on any atom is -0.336 e. The van der Waals surface area contributed by atoms with Crippen molar-refractivity contribution >= 4 is 5.91 Å². The number of amides is 1. The SMILES string of the molecule is CC(=O)N1Cc2cc(C)ccc2CC1C. The van der Waals surface area contributed by atoms with E-state index in [1.165, 1.54) is 16.7 Å². The molecule has 0 aliphatic carbocycles. The van der Waals surface area contributed by atoms with Crippen LogP contribution in [0.2, 0.25) is 0 Å². The van der Waals surface area contributed by atoms with Gasteiger partial charge in [-0.3, -0.25) is 4.79 Å². The summed E-state index contributed by atoms with van der Waals surface area (Å²) < 4.78 is 0. The molecule has 1 aliphatic heterocycles.